The third-order valence-corrected chi connectivity index (χ3v) is 2.81. The Morgan fingerprint density at radius 3 is 3.00 bits per heavy atom. The van der Waals surface area contributed by atoms with Gasteiger partial charge in [-0.25, -0.2) is 4.39 Å². The molecule has 2 nitrogen and oxygen atoms in total. The van der Waals surface area contributed by atoms with Gasteiger partial charge in [-0.1, -0.05) is 12.1 Å². The highest BCUT2D eigenvalue weighted by atomic mass is 19.1. The van der Waals surface area contributed by atoms with Gasteiger partial charge in [-0.2, -0.15) is 0 Å². The molecule has 0 unspecified atom stereocenters. The first-order valence-electron chi connectivity index (χ1n) is 4.99. The van der Waals surface area contributed by atoms with Crippen LogP contribution < -0.4 is 11.1 Å². The van der Waals surface area contributed by atoms with E-state index in [9.17, 15) is 4.39 Å². The van der Waals surface area contributed by atoms with Gasteiger partial charge in [0.2, 0.25) is 0 Å². The van der Waals surface area contributed by atoms with Crippen molar-refractivity contribution in [1.82, 2.24) is 5.32 Å². The summed E-state index contributed by atoms with van der Waals surface area (Å²) in [6, 6.07) is 6.87. The monoisotopic (exact) mass is 194 g/mol. The molecule has 0 amide bonds. The SMILES string of the molecule is N[C@H]1CNCC[C@H]1c1cccc(F)c1. The zero-order valence-electron chi connectivity index (χ0n) is 8.04. The Morgan fingerprint density at radius 1 is 1.43 bits per heavy atom. The van der Waals surface area contributed by atoms with Gasteiger partial charge in [0, 0.05) is 18.5 Å². The van der Waals surface area contributed by atoms with Crippen molar-refractivity contribution in [2.45, 2.75) is 18.4 Å². The van der Waals surface area contributed by atoms with E-state index in [2.05, 4.69) is 5.32 Å². The lowest BCUT2D eigenvalue weighted by molar-refractivity contribution is 0.402. The van der Waals surface area contributed by atoms with E-state index < -0.39 is 0 Å². The van der Waals surface area contributed by atoms with E-state index in [1.807, 2.05) is 6.07 Å². The van der Waals surface area contributed by atoms with Crippen molar-refractivity contribution in [1.29, 1.82) is 0 Å². The van der Waals surface area contributed by atoms with E-state index in [0.717, 1.165) is 25.1 Å². The van der Waals surface area contributed by atoms with Gasteiger partial charge in [-0.3, -0.25) is 0 Å². The summed E-state index contributed by atoms with van der Waals surface area (Å²) in [5.41, 5.74) is 7.00. The molecule has 14 heavy (non-hydrogen) atoms. The van der Waals surface area contributed by atoms with E-state index in [1.54, 1.807) is 12.1 Å². The van der Waals surface area contributed by atoms with Crippen LogP contribution in [0.15, 0.2) is 24.3 Å². The van der Waals surface area contributed by atoms with Gasteiger partial charge in [0.05, 0.1) is 0 Å². The van der Waals surface area contributed by atoms with Crippen LogP contribution in [0.4, 0.5) is 4.39 Å². The number of halogens is 1. The first kappa shape index (κ1) is 9.62. The normalized spacial score (nSPS) is 27.6. The topological polar surface area (TPSA) is 38.0 Å². The molecule has 0 aliphatic carbocycles. The fourth-order valence-electron chi connectivity index (χ4n) is 2.03. The van der Waals surface area contributed by atoms with Crippen LogP contribution in [-0.4, -0.2) is 19.1 Å². The summed E-state index contributed by atoms with van der Waals surface area (Å²) in [7, 11) is 0. The Kier molecular flexibility index (Phi) is 2.79. The Balaban J connectivity index is 2.20. The van der Waals surface area contributed by atoms with Crippen LogP contribution in [0.1, 0.15) is 17.9 Å². The quantitative estimate of drug-likeness (QED) is 0.705. The molecule has 2 atom stereocenters. The lowest BCUT2D eigenvalue weighted by Gasteiger charge is -2.29. The lowest BCUT2D eigenvalue weighted by atomic mass is 9.87. The number of benzene rings is 1. The number of nitrogens with two attached hydrogens (primary N) is 1. The zero-order valence-corrected chi connectivity index (χ0v) is 8.04. The summed E-state index contributed by atoms with van der Waals surface area (Å²) in [4.78, 5) is 0. The number of piperidine rings is 1. The van der Waals surface area contributed by atoms with Crippen LogP contribution in [0.5, 0.6) is 0 Å². The standard InChI is InChI=1S/C11H15FN2/c12-9-3-1-2-8(6-9)10-4-5-14-7-11(10)13/h1-3,6,10-11,14H,4-5,7,13H2/t10-,11-/m0/s1. The highest BCUT2D eigenvalue weighted by Gasteiger charge is 2.22. The van der Waals surface area contributed by atoms with Crippen LogP contribution in [0.3, 0.4) is 0 Å². The molecule has 1 aromatic carbocycles. The van der Waals surface area contributed by atoms with Crippen molar-refractivity contribution in [2.75, 3.05) is 13.1 Å². The van der Waals surface area contributed by atoms with Gasteiger partial charge in [0.1, 0.15) is 5.82 Å². The molecule has 1 aliphatic heterocycles. The van der Waals surface area contributed by atoms with Crippen LogP contribution >= 0.6 is 0 Å². The van der Waals surface area contributed by atoms with Gasteiger partial charge in [-0.15, -0.1) is 0 Å². The Hall–Kier alpha value is -0.930. The van der Waals surface area contributed by atoms with E-state index in [1.165, 1.54) is 6.07 Å². The Bertz CT molecular complexity index is 314. The first-order chi connectivity index (χ1) is 6.77. The fourth-order valence-corrected chi connectivity index (χ4v) is 2.03. The van der Waals surface area contributed by atoms with Crippen molar-refractivity contribution in [3.63, 3.8) is 0 Å². The first-order valence-corrected chi connectivity index (χ1v) is 4.99. The smallest absolute Gasteiger partial charge is 0.123 e. The second-order valence-corrected chi connectivity index (χ2v) is 3.82. The molecule has 0 saturated carbocycles. The second kappa shape index (κ2) is 4.07. The summed E-state index contributed by atoms with van der Waals surface area (Å²) in [6.45, 7) is 1.79. The van der Waals surface area contributed by atoms with Crippen molar-refractivity contribution in [2.24, 2.45) is 5.73 Å². The summed E-state index contributed by atoms with van der Waals surface area (Å²) in [5, 5.41) is 3.23. The predicted octanol–water partition coefficient (Wildman–Crippen LogP) is 1.23. The van der Waals surface area contributed by atoms with Crippen LogP contribution in [0.2, 0.25) is 0 Å². The maximum absolute atomic E-state index is 13.0. The molecule has 1 heterocycles. The summed E-state index contributed by atoms with van der Waals surface area (Å²) in [6.07, 6.45) is 0.991. The number of hydrogen-bond acceptors (Lipinski definition) is 2. The summed E-state index contributed by atoms with van der Waals surface area (Å²) >= 11 is 0. The maximum atomic E-state index is 13.0. The predicted molar refractivity (Wildman–Crippen MR) is 54.6 cm³/mol. The minimum Gasteiger partial charge on any atom is -0.326 e. The molecule has 1 fully saturated rings. The molecule has 76 valence electrons. The molecule has 1 saturated heterocycles. The fraction of sp³-hybridized carbons (Fsp3) is 0.455. The largest absolute Gasteiger partial charge is 0.326 e. The van der Waals surface area contributed by atoms with Crippen molar-refractivity contribution >= 4 is 0 Å². The van der Waals surface area contributed by atoms with Crippen molar-refractivity contribution in [3.05, 3.63) is 35.6 Å². The molecular formula is C11H15FN2. The minimum absolute atomic E-state index is 0.102. The van der Waals surface area contributed by atoms with Crippen molar-refractivity contribution < 1.29 is 4.39 Å². The van der Waals surface area contributed by atoms with Crippen LogP contribution in [-0.2, 0) is 0 Å². The molecule has 2 rings (SSSR count). The Morgan fingerprint density at radius 2 is 2.29 bits per heavy atom. The molecule has 0 spiro atoms. The molecule has 0 radical (unpaired) electrons. The van der Waals surface area contributed by atoms with Gasteiger partial charge in [-0.05, 0) is 30.7 Å². The summed E-state index contributed by atoms with van der Waals surface area (Å²) < 4.78 is 13.0. The molecule has 3 heteroatoms. The van der Waals surface area contributed by atoms with Crippen LogP contribution in [0, 0.1) is 5.82 Å². The third-order valence-electron chi connectivity index (χ3n) is 2.81. The van der Waals surface area contributed by atoms with Gasteiger partial charge < -0.3 is 11.1 Å². The average molecular weight is 194 g/mol. The number of hydrogen-bond donors (Lipinski definition) is 2. The maximum Gasteiger partial charge on any atom is 0.123 e. The van der Waals surface area contributed by atoms with Gasteiger partial charge in [0.15, 0.2) is 0 Å². The Labute approximate surface area is 83.3 Å². The molecule has 3 N–H and O–H groups in total. The van der Waals surface area contributed by atoms with E-state index in [4.69, 9.17) is 5.73 Å². The van der Waals surface area contributed by atoms with E-state index in [0.29, 0.717) is 5.92 Å². The molecule has 1 aromatic rings. The number of nitrogens with one attached hydrogen (secondary N) is 1. The average Bonchev–Trinajstić information content (AvgIpc) is 2.18. The molecule has 0 aromatic heterocycles. The lowest BCUT2D eigenvalue weighted by Crippen LogP contribution is -2.44. The summed E-state index contributed by atoms with van der Waals surface area (Å²) in [5.74, 6) is 0.125. The van der Waals surface area contributed by atoms with Crippen LogP contribution in [0.25, 0.3) is 0 Å². The number of rotatable bonds is 1. The van der Waals surface area contributed by atoms with Gasteiger partial charge in [0.25, 0.3) is 0 Å². The highest BCUT2D eigenvalue weighted by Crippen LogP contribution is 2.24. The van der Waals surface area contributed by atoms with E-state index >= 15 is 0 Å². The molecule has 0 bridgehead atoms. The van der Waals surface area contributed by atoms with E-state index in [-0.39, 0.29) is 11.9 Å². The van der Waals surface area contributed by atoms with Crippen molar-refractivity contribution in [3.8, 4) is 0 Å². The minimum atomic E-state index is -0.173. The zero-order chi connectivity index (χ0) is 9.97. The highest BCUT2D eigenvalue weighted by molar-refractivity contribution is 5.23. The van der Waals surface area contributed by atoms with Gasteiger partial charge >= 0.3 is 0 Å². The third kappa shape index (κ3) is 1.94. The molecular weight excluding hydrogens is 179 g/mol. The molecule has 1 aliphatic rings. The second-order valence-electron chi connectivity index (χ2n) is 3.82.